The summed E-state index contributed by atoms with van der Waals surface area (Å²) in [6, 6.07) is 9.04. The molecule has 3 aliphatic rings. The van der Waals surface area contributed by atoms with Crippen molar-refractivity contribution in [2.45, 2.75) is 68.7 Å². The fourth-order valence-corrected chi connectivity index (χ4v) is 7.49. The number of rotatable bonds is 7. The molecule has 3 fully saturated rings. The van der Waals surface area contributed by atoms with E-state index in [9.17, 15) is 18.0 Å². The Morgan fingerprint density at radius 3 is 2.37 bits per heavy atom. The van der Waals surface area contributed by atoms with Crippen molar-refractivity contribution in [3.05, 3.63) is 30.3 Å². The number of nitrogens with one attached hydrogen (secondary N) is 2. The molecule has 0 saturated carbocycles. The molecule has 1 aromatic rings. The molecule has 38 heavy (non-hydrogen) atoms. The first kappa shape index (κ1) is 29.0. The molecule has 1 unspecified atom stereocenters. The summed E-state index contributed by atoms with van der Waals surface area (Å²) in [5, 5.41) is 5.98. The molecule has 0 bridgehead atoms. The van der Waals surface area contributed by atoms with Crippen LogP contribution in [0.1, 0.15) is 57.8 Å². The van der Waals surface area contributed by atoms with Crippen LogP contribution in [-0.2, 0) is 19.6 Å². The van der Waals surface area contributed by atoms with Gasteiger partial charge in [-0.3, -0.25) is 9.59 Å². The Labute approximate surface area is 228 Å². The van der Waals surface area contributed by atoms with Gasteiger partial charge in [-0.2, -0.15) is 4.31 Å². The van der Waals surface area contributed by atoms with E-state index in [2.05, 4.69) is 20.4 Å². The maximum absolute atomic E-state index is 13.2. The number of nitrogens with zero attached hydrogens (tertiary/aromatic N) is 3. The number of hydrogen-bond acceptors (Lipinski definition) is 6. The highest BCUT2D eigenvalue weighted by Gasteiger charge is 2.28. The first-order chi connectivity index (χ1) is 18.4. The number of carbonyl (C=O) groups excluding carboxylic acids is 2. The van der Waals surface area contributed by atoms with Gasteiger partial charge in [-0.25, -0.2) is 8.42 Å². The Hall–Kier alpha value is -2.01. The van der Waals surface area contributed by atoms with E-state index >= 15 is 0 Å². The molecule has 4 rings (SSSR count). The predicted molar refractivity (Wildman–Crippen MR) is 148 cm³/mol. The van der Waals surface area contributed by atoms with Crippen LogP contribution in [0, 0.1) is 5.92 Å². The number of likely N-dealkylation sites (tertiary alicyclic amines) is 2. The molecule has 2 amide bonds. The molecule has 0 aromatic heterocycles. The van der Waals surface area contributed by atoms with Crippen LogP contribution < -0.4 is 10.6 Å². The summed E-state index contributed by atoms with van der Waals surface area (Å²) >= 11 is 0. The topological polar surface area (TPSA) is 102 Å². The zero-order chi connectivity index (χ0) is 26.8. The minimum absolute atomic E-state index is 0.000773. The highest BCUT2D eigenvalue weighted by Crippen LogP contribution is 2.21. The fourth-order valence-electron chi connectivity index (χ4n) is 5.99. The second-order valence-electron chi connectivity index (χ2n) is 10.9. The van der Waals surface area contributed by atoms with Crippen molar-refractivity contribution in [3.8, 4) is 0 Å². The molecule has 0 spiro atoms. The summed E-state index contributed by atoms with van der Waals surface area (Å²) in [6.07, 6.45) is 8.27. The molecule has 212 valence electrons. The lowest BCUT2D eigenvalue weighted by Crippen LogP contribution is -2.48. The van der Waals surface area contributed by atoms with E-state index in [0.717, 1.165) is 19.6 Å². The van der Waals surface area contributed by atoms with Crippen LogP contribution in [-0.4, -0.2) is 99.3 Å². The van der Waals surface area contributed by atoms with E-state index < -0.39 is 10.0 Å². The second-order valence-corrected chi connectivity index (χ2v) is 12.8. The van der Waals surface area contributed by atoms with Crippen molar-refractivity contribution in [1.82, 2.24) is 24.7 Å². The molecule has 2 N–H and O–H groups in total. The van der Waals surface area contributed by atoms with Gasteiger partial charge in [-0.1, -0.05) is 24.6 Å². The van der Waals surface area contributed by atoms with E-state index in [1.807, 2.05) is 0 Å². The zero-order valence-electron chi connectivity index (χ0n) is 22.7. The van der Waals surface area contributed by atoms with Crippen molar-refractivity contribution in [2.75, 3.05) is 58.9 Å². The standard InChI is InChI=1S/C28H45N5O4S/c34-27-14-22-33(38(36,37)26-9-3-1-4-10-26)19-7-8-24(11-15-29-27)28(35)30-16-23-31-20-12-25(13-21-31)32-17-5-2-6-18-32/h1,3-4,9-10,24-25H,2,5-8,11-23H2,(H,29,34)(H,30,35). The third-order valence-electron chi connectivity index (χ3n) is 8.31. The number of benzene rings is 1. The van der Waals surface area contributed by atoms with Gasteiger partial charge in [0.15, 0.2) is 0 Å². The van der Waals surface area contributed by atoms with Gasteiger partial charge < -0.3 is 20.4 Å². The number of piperidine rings is 2. The lowest BCUT2D eigenvalue weighted by molar-refractivity contribution is -0.126. The molecule has 10 heteroatoms. The van der Waals surface area contributed by atoms with E-state index in [1.165, 1.54) is 49.5 Å². The number of hydrogen-bond donors (Lipinski definition) is 2. The van der Waals surface area contributed by atoms with E-state index in [1.54, 1.807) is 30.3 Å². The van der Waals surface area contributed by atoms with Gasteiger partial charge in [0.05, 0.1) is 4.90 Å². The normalized spacial score (nSPS) is 24.3. The number of carbonyl (C=O) groups is 2. The first-order valence-electron chi connectivity index (χ1n) is 14.5. The molecule has 1 atom stereocenters. The van der Waals surface area contributed by atoms with Gasteiger partial charge in [-0.15, -0.1) is 0 Å². The lowest BCUT2D eigenvalue weighted by atomic mass is 9.98. The zero-order valence-corrected chi connectivity index (χ0v) is 23.5. The van der Waals surface area contributed by atoms with Gasteiger partial charge in [-0.05, 0) is 83.3 Å². The number of amides is 2. The third-order valence-corrected chi connectivity index (χ3v) is 10.2. The Morgan fingerprint density at radius 1 is 0.895 bits per heavy atom. The minimum Gasteiger partial charge on any atom is -0.356 e. The SMILES string of the molecule is O=C1CCN(S(=O)(=O)c2ccccc2)CCCC(C(=O)NCCN2CCC(N3CCCCC3)CC2)CCN1. The molecular weight excluding hydrogens is 502 g/mol. The van der Waals surface area contributed by atoms with Crippen LogP contribution in [0.2, 0.25) is 0 Å². The third kappa shape index (κ3) is 8.24. The van der Waals surface area contributed by atoms with Gasteiger partial charge in [0.25, 0.3) is 0 Å². The molecular formula is C28H45N5O4S. The average molecular weight is 548 g/mol. The van der Waals surface area contributed by atoms with Gasteiger partial charge >= 0.3 is 0 Å². The quantitative estimate of drug-likeness (QED) is 0.542. The Kier molecular flexibility index (Phi) is 11.0. The largest absolute Gasteiger partial charge is 0.356 e. The maximum atomic E-state index is 13.2. The average Bonchev–Trinajstić information content (AvgIpc) is 2.99. The highest BCUT2D eigenvalue weighted by molar-refractivity contribution is 7.89. The Balaban J connectivity index is 1.24. The Bertz CT molecular complexity index is 992. The van der Waals surface area contributed by atoms with E-state index in [4.69, 9.17) is 0 Å². The molecule has 3 saturated heterocycles. The fraction of sp³-hybridized carbons (Fsp3) is 0.714. The maximum Gasteiger partial charge on any atom is 0.243 e. The van der Waals surface area contributed by atoms with Crippen LogP contribution in [0.25, 0.3) is 0 Å². The van der Waals surface area contributed by atoms with Crippen molar-refractivity contribution in [1.29, 1.82) is 0 Å². The van der Waals surface area contributed by atoms with Crippen molar-refractivity contribution >= 4 is 21.8 Å². The minimum atomic E-state index is -3.70. The Morgan fingerprint density at radius 2 is 1.63 bits per heavy atom. The summed E-state index contributed by atoms with van der Waals surface area (Å²) in [5.74, 6) is -0.439. The molecule has 3 heterocycles. The second kappa shape index (κ2) is 14.4. The van der Waals surface area contributed by atoms with E-state index in [0.29, 0.717) is 44.9 Å². The van der Waals surface area contributed by atoms with Crippen LogP contribution in [0.4, 0.5) is 0 Å². The van der Waals surface area contributed by atoms with Crippen LogP contribution >= 0.6 is 0 Å². The summed E-state index contributed by atoms with van der Waals surface area (Å²) in [4.78, 5) is 30.7. The van der Waals surface area contributed by atoms with Gasteiger partial charge in [0, 0.05) is 51.1 Å². The molecule has 0 radical (unpaired) electrons. The molecule has 1 aromatic carbocycles. The molecule has 9 nitrogen and oxygen atoms in total. The van der Waals surface area contributed by atoms with Crippen LogP contribution in [0.15, 0.2) is 35.2 Å². The predicted octanol–water partition coefficient (Wildman–Crippen LogP) is 2.05. The smallest absolute Gasteiger partial charge is 0.243 e. The summed E-state index contributed by atoms with van der Waals surface area (Å²) in [6.45, 7) is 6.98. The lowest BCUT2D eigenvalue weighted by Gasteiger charge is -2.40. The van der Waals surface area contributed by atoms with Crippen LogP contribution in [0.3, 0.4) is 0 Å². The molecule has 3 aliphatic heterocycles. The van der Waals surface area contributed by atoms with Crippen molar-refractivity contribution < 1.29 is 18.0 Å². The summed E-state index contributed by atoms with van der Waals surface area (Å²) < 4.78 is 27.7. The van der Waals surface area contributed by atoms with Crippen LogP contribution in [0.5, 0.6) is 0 Å². The summed E-state index contributed by atoms with van der Waals surface area (Å²) in [5.41, 5.74) is 0. The van der Waals surface area contributed by atoms with Gasteiger partial charge in [0.1, 0.15) is 0 Å². The monoisotopic (exact) mass is 547 g/mol. The van der Waals surface area contributed by atoms with E-state index in [-0.39, 0.29) is 35.6 Å². The van der Waals surface area contributed by atoms with Crippen molar-refractivity contribution in [2.24, 2.45) is 5.92 Å². The number of sulfonamides is 1. The highest BCUT2D eigenvalue weighted by atomic mass is 32.2. The summed E-state index contributed by atoms with van der Waals surface area (Å²) in [7, 11) is -3.70. The molecule has 0 aliphatic carbocycles. The van der Waals surface area contributed by atoms with Gasteiger partial charge in [0.2, 0.25) is 21.8 Å². The first-order valence-corrected chi connectivity index (χ1v) is 15.9. The van der Waals surface area contributed by atoms with Crippen molar-refractivity contribution in [3.63, 3.8) is 0 Å².